The summed E-state index contributed by atoms with van der Waals surface area (Å²) in [5, 5.41) is 3.18. The third-order valence-electron chi connectivity index (χ3n) is 5.22. The number of carbonyl (C=O) groups excluding carboxylic acids is 2. The van der Waals surface area contributed by atoms with Crippen LogP contribution in [0.2, 0.25) is 10.0 Å². The van der Waals surface area contributed by atoms with Crippen LogP contribution in [-0.4, -0.2) is 33.2 Å². The zero-order valence-corrected chi connectivity index (χ0v) is 21.7. The summed E-state index contributed by atoms with van der Waals surface area (Å²) in [5.41, 5.74) is 2.73. The van der Waals surface area contributed by atoms with Crippen molar-refractivity contribution in [3.63, 3.8) is 0 Å². The summed E-state index contributed by atoms with van der Waals surface area (Å²) >= 11 is 12.3. The van der Waals surface area contributed by atoms with Gasteiger partial charge in [0.1, 0.15) is 0 Å². The molecule has 0 unspecified atom stereocenters. The number of rotatable bonds is 8. The largest absolute Gasteiger partial charge is 0.462 e. The van der Waals surface area contributed by atoms with E-state index in [1.165, 1.54) is 0 Å². The Bertz CT molecular complexity index is 1360. The van der Waals surface area contributed by atoms with E-state index in [4.69, 9.17) is 27.9 Å². The van der Waals surface area contributed by atoms with Gasteiger partial charge in [0.15, 0.2) is 0 Å². The van der Waals surface area contributed by atoms with Crippen molar-refractivity contribution in [1.82, 2.24) is 0 Å². The molecule has 0 bridgehead atoms. The van der Waals surface area contributed by atoms with Gasteiger partial charge in [0.05, 0.1) is 40.7 Å². The van der Waals surface area contributed by atoms with Crippen LogP contribution in [0.4, 0.5) is 11.4 Å². The Balaban J connectivity index is 1.80. The van der Waals surface area contributed by atoms with E-state index in [0.717, 1.165) is 10.6 Å². The monoisotopic (exact) mass is 534 g/mol. The molecule has 0 aliphatic heterocycles. The second-order valence-electron chi connectivity index (χ2n) is 7.69. The second kappa shape index (κ2) is 11.1. The van der Waals surface area contributed by atoms with Gasteiger partial charge >= 0.3 is 5.97 Å². The van der Waals surface area contributed by atoms with Gasteiger partial charge < -0.3 is 10.1 Å². The lowest BCUT2D eigenvalue weighted by Gasteiger charge is -2.24. The highest BCUT2D eigenvalue weighted by molar-refractivity contribution is 7.92. The molecule has 1 amide bonds. The normalized spacial score (nSPS) is 11.1. The number of esters is 1. The number of nitrogens with zero attached hydrogens (tertiary/aromatic N) is 1. The van der Waals surface area contributed by atoms with E-state index >= 15 is 0 Å². The van der Waals surface area contributed by atoms with Crippen molar-refractivity contribution in [2.45, 2.75) is 20.4 Å². The van der Waals surface area contributed by atoms with E-state index in [1.54, 1.807) is 74.5 Å². The summed E-state index contributed by atoms with van der Waals surface area (Å²) in [7, 11) is -3.67. The minimum atomic E-state index is -3.67. The van der Waals surface area contributed by atoms with E-state index in [2.05, 4.69) is 5.32 Å². The highest BCUT2D eigenvalue weighted by Gasteiger charge is 2.22. The first-order chi connectivity index (χ1) is 16.5. The molecule has 3 rings (SSSR count). The van der Waals surface area contributed by atoms with Crippen molar-refractivity contribution in [2.24, 2.45) is 0 Å². The molecule has 184 valence electrons. The second-order valence-corrected chi connectivity index (χ2v) is 10.4. The smallest absolute Gasteiger partial charge is 0.338 e. The van der Waals surface area contributed by atoms with Gasteiger partial charge in [-0.25, -0.2) is 13.2 Å². The summed E-state index contributed by atoms with van der Waals surface area (Å²) < 4.78 is 31.1. The minimum Gasteiger partial charge on any atom is -0.462 e. The summed E-state index contributed by atoms with van der Waals surface area (Å²) in [6, 6.07) is 16.3. The van der Waals surface area contributed by atoms with Gasteiger partial charge in [-0.3, -0.25) is 9.10 Å². The van der Waals surface area contributed by atoms with Crippen LogP contribution in [0.25, 0.3) is 0 Å². The lowest BCUT2D eigenvalue weighted by Crippen LogP contribution is -2.29. The number of anilines is 2. The first kappa shape index (κ1) is 26.5. The van der Waals surface area contributed by atoms with Crippen LogP contribution in [0, 0.1) is 6.92 Å². The average Bonchev–Trinajstić information content (AvgIpc) is 2.80. The number of benzene rings is 3. The van der Waals surface area contributed by atoms with Gasteiger partial charge in [-0.1, -0.05) is 47.5 Å². The molecule has 10 heteroatoms. The van der Waals surface area contributed by atoms with Crippen LogP contribution in [0.3, 0.4) is 0 Å². The van der Waals surface area contributed by atoms with Gasteiger partial charge in [0, 0.05) is 11.3 Å². The summed E-state index contributed by atoms with van der Waals surface area (Å²) in [6.07, 6.45) is 1.08. The molecule has 0 saturated heterocycles. The molecule has 0 radical (unpaired) electrons. The highest BCUT2D eigenvalue weighted by atomic mass is 35.5. The first-order valence-corrected chi connectivity index (χ1v) is 13.2. The quantitative estimate of drug-likeness (QED) is 0.374. The van der Waals surface area contributed by atoms with E-state index < -0.39 is 16.0 Å². The SMILES string of the molecule is CCOC(=O)c1cccc(NC(=O)c2ccc(CN(c3cccc(Cl)c3Cl)S(C)(=O)=O)cc2)c1C. The molecule has 35 heavy (non-hydrogen) atoms. The summed E-state index contributed by atoms with van der Waals surface area (Å²) in [6.45, 7) is 3.70. The van der Waals surface area contributed by atoms with E-state index in [0.29, 0.717) is 27.9 Å². The van der Waals surface area contributed by atoms with Crippen molar-refractivity contribution in [1.29, 1.82) is 0 Å². The van der Waals surface area contributed by atoms with Gasteiger partial charge in [-0.2, -0.15) is 0 Å². The van der Waals surface area contributed by atoms with Crippen LogP contribution >= 0.6 is 23.2 Å². The van der Waals surface area contributed by atoms with Crippen LogP contribution in [-0.2, 0) is 21.3 Å². The number of amides is 1. The predicted molar refractivity (Wildman–Crippen MR) is 139 cm³/mol. The van der Waals surface area contributed by atoms with E-state index in [9.17, 15) is 18.0 Å². The van der Waals surface area contributed by atoms with Gasteiger partial charge in [-0.05, 0) is 61.4 Å². The molecule has 0 atom stereocenters. The number of ether oxygens (including phenoxy) is 1. The summed E-state index contributed by atoms with van der Waals surface area (Å²) in [4.78, 5) is 24.9. The molecule has 0 spiro atoms. The number of carbonyl (C=O) groups is 2. The maximum atomic E-state index is 12.8. The van der Waals surface area contributed by atoms with Crippen molar-refractivity contribution in [3.8, 4) is 0 Å². The third kappa shape index (κ3) is 6.33. The molecule has 3 aromatic carbocycles. The summed E-state index contributed by atoms with van der Waals surface area (Å²) in [5.74, 6) is -0.834. The molecule has 0 heterocycles. The Labute approximate surface area is 214 Å². The topological polar surface area (TPSA) is 92.8 Å². The van der Waals surface area contributed by atoms with Gasteiger partial charge in [0.25, 0.3) is 5.91 Å². The van der Waals surface area contributed by atoms with Crippen LogP contribution in [0.1, 0.15) is 38.8 Å². The fraction of sp³-hybridized carbons (Fsp3) is 0.200. The predicted octanol–water partition coefficient (Wildman–Crippen LogP) is 5.70. The molecule has 1 N–H and O–H groups in total. The number of halogens is 2. The van der Waals surface area contributed by atoms with Gasteiger partial charge in [0.2, 0.25) is 10.0 Å². The van der Waals surface area contributed by atoms with Crippen molar-refractivity contribution in [2.75, 3.05) is 22.5 Å². The molecule has 0 fully saturated rings. The van der Waals surface area contributed by atoms with Crippen LogP contribution < -0.4 is 9.62 Å². The van der Waals surface area contributed by atoms with Crippen molar-refractivity contribution >= 4 is 56.5 Å². The van der Waals surface area contributed by atoms with Crippen LogP contribution in [0.15, 0.2) is 60.7 Å². The minimum absolute atomic E-state index is 0.00148. The zero-order chi connectivity index (χ0) is 25.8. The van der Waals surface area contributed by atoms with Crippen molar-refractivity contribution < 1.29 is 22.7 Å². The van der Waals surface area contributed by atoms with Crippen molar-refractivity contribution in [3.05, 3.63) is 93.0 Å². The number of hydrogen-bond donors (Lipinski definition) is 1. The highest BCUT2D eigenvalue weighted by Crippen LogP contribution is 2.34. The standard InChI is InChI=1S/C25H24Cl2N2O5S/c1-4-34-25(31)19-7-5-9-21(16(19)2)28-24(30)18-13-11-17(12-14-18)15-29(35(3,32)33)22-10-6-8-20(26)23(22)27/h5-14H,4,15H2,1-3H3,(H,28,30). The zero-order valence-electron chi connectivity index (χ0n) is 19.3. The maximum absolute atomic E-state index is 12.8. The van der Waals surface area contributed by atoms with E-state index in [-0.39, 0.29) is 34.8 Å². The Kier molecular flexibility index (Phi) is 8.43. The van der Waals surface area contributed by atoms with Gasteiger partial charge in [-0.15, -0.1) is 0 Å². The molecule has 0 aliphatic carbocycles. The third-order valence-corrected chi connectivity index (χ3v) is 7.16. The van der Waals surface area contributed by atoms with E-state index in [1.807, 2.05) is 0 Å². The fourth-order valence-electron chi connectivity index (χ4n) is 3.39. The fourth-order valence-corrected chi connectivity index (χ4v) is 4.73. The number of sulfonamides is 1. The molecule has 3 aromatic rings. The number of nitrogens with one attached hydrogen (secondary N) is 1. The molecule has 0 aliphatic rings. The lowest BCUT2D eigenvalue weighted by molar-refractivity contribution is 0.0525. The average molecular weight is 535 g/mol. The molecular weight excluding hydrogens is 511 g/mol. The maximum Gasteiger partial charge on any atom is 0.338 e. The molecular formula is C25H24Cl2N2O5S. The number of hydrogen-bond acceptors (Lipinski definition) is 5. The Morgan fingerprint density at radius 1 is 1.00 bits per heavy atom. The molecule has 0 saturated carbocycles. The molecule has 7 nitrogen and oxygen atoms in total. The Morgan fingerprint density at radius 3 is 2.29 bits per heavy atom. The Morgan fingerprint density at radius 2 is 1.66 bits per heavy atom. The molecule has 0 aromatic heterocycles. The first-order valence-electron chi connectivity index (χ1n) is 10.6. The Hall–Kier alpha value is -3.07. The van der Waals surface area contributed by atoms with Crippen LogP contribution in [0.5, 0.6) is 0 Å². The lowest BCUT2D eigenvalue weighted by atomic mass is 10.1.